The van der Waals surface area contributed by atoms with Crippen LogP contribution in [0.25, 0.3) is 0 Å². The van der Waals surface area contributed by atoms with Crippen LogP contribution in [-0.4, -0.2) is 48.5 Å². The molecule has 4 N–H and O–H groups in total. The van der Waals surface area contributed by atoms with Crippen molar-refractivity contribution in [2.45, 2.75) is 50.4 Å². The van der Waals surface area contributed by atoms with Gasteiger partial charge in [0.25, 0.3) is 0 Å². The Morgan fingerprint density at radius 2 is 1.88 bits per heavy atom. The van der Waals surface area contributed by atoms with E-state index >= 15 is 0 Å². The summed E-state index contributed by atoms with van der Waals surface area (Å²) in [5.41, 5.74) is 2.30. The van der Waals surface area contributed by atoms with Crippen LogP contribution in [0.2, 0.25) is 0 Å². The van der Waals surface area contributed by atoms with Gasteiger partial charge < -0.3 is 30.5 Å². The first-order valence-corrected chi connectivity index (χ1v) is 11.0. The first-order chi connectivity index (χ1) is 15.6. The van der Waals surface area contributed by atoms with Gasteiger partial charge in [-0.15, -0.1) is 0 Å². The summed E-state index contributed by atoms with van der Waals surface area (Å²) in [6.07, 6.45) is 0.578. The topological polar surface area (TPSA) is 109 Å². The van der Waals surface area contributed by atoms with E-state index in [-0.39, 0.29) is 43.1 Å². The third-order valence-corrected chi connectivity index (χ3v) is 5.77. The highest BCUT2D eigenvalue weighted by molar-refractivity contribution is 5.99. The van der Waals surface area contributed by atoms with E-state index in [0.717, 1.165) is 12.0 Å². The molecule has 0 aromatic heterocycles. The van der Waals surface area contributed by atoms with E-state index in [2.05, 4.69) is 16.0 Å². The molecule has 8 heteroatoms. The summed E-state index contributed by atoms with van der Waals surface area (Å²) >= 11 is 0. The Morgan fingerprint density at radius 1 is 1.09 bits per heavy atom. The Labute approximate surface area is 187 Å². The molecule has 0 saturated carbocycles. The summed E-state index contributed by atoms with van der Waals surface area (Å²) in [6, 6.07) is 14.4. The predicted molar refractivity (Wildman–Crippen MR) is 121 cm³/mol. The lowest BCUT2D eigenvalue weighted by Gasteiger charge is -2.37. The highest BCUT2D eigenvalue weighted by Crippen LogP contribution is 2.47. The first kappa shape index (κ1) is 22.1. The molecule has 0 spiro atoms. The van der Waals surface area contributed by atoms with Crippen molar-refractivity contribution in [3.8, 4) is 5.75 Å². The maximum Gasteiger partial charge on any atom is 0.323 e. The summed E-state index contributed by atoms with van der Waals surface area (Å²) in [4.78, 5) is 24.6. The summed E-state index contributed by atoms with van der Waals surface area (Å²) in [5.74, 6) is 0.630. The summed E-state index contributed by atoms with van der Waals surface area (Å²) < 4.78 is 12.1. The van der Waals surface area contributed by atoms with Crippen molar-refractivity contribution in [1.82, 2.24) is 5.32 Å². The van der Waals surface area contributed by atoms with Crippen LogP contribution in [0.1, 0.15) is 37.7 Å². The third kappa shape index (κ3) is 5.03. The number of aliphatic hydroxyl groups excluding tert-OH is 1. The average Bonchev–Trinajstić information content (AvgIpc) is 3.15. The minimum atomic E-state index is -0.511. The Morgan fingerprint density at radius 3 is 2.62 bits per heavy atom. The fourth-order valence-electron chi connectivity index (χ4n) is 4.33. The second kappa shape index (κ2) is 10.0. The molecule has 2 heterocycles. The lowest BCUT2D eigenvalue weighted by molar-refractivity contribution is -0.142. The second-order valence-corrected chi connectivity index (χ2v) is 8.16. The molecule has 2 aliphatic heterocycles. The van der Waals surface area contributed by atoms with Crippen molar-refractivity contribution in [1.29, 1.82) is 0 Å². The molecule has 4 atom stereocenters. The zero-order chi connectivity index (χ0) is 22.5. The number of anilines is 2. The number of benzene rings is 2. The van der Waals surface area contributed by atoms with Gasteiger partial charge >= 0.3 is 6.03 Å². The number of rotatable bonds is 7. The second-order valence-electron chi connectivity index (χ2n) is 8.16. The molecule has 0 aliphatic carbocycles. The molecule has 3 amide bonds. The quantitative estimate of drug-likeness (QED) is 0.530. The van der Waals surface area contributed by atoms with Gasteiger partial charge in [0.05, 0.1) is 19.1 Å². The summed E-state index contributed by atoms with van der Waals surface area (Å²) in [6.45, 7) is 2.45. The molecule has 8 nitrogen and oxygen atoms in total. The standard InChI is InChI=1S/C24H29N3O5/c1-2-10-25-22(29)13-17-12-19-18-11-16(27-24(30)26-15-6-4-3-5-7-15)8-9-20(18)32-23(19)21(14-28)31-17/h3-9,11,17,19,21,23,28H,2,10,12-14H2,1H3,(H,25,29)(H2,26,27,30)/t17-,19+,21+,23-/m0/s1. The maximum absolute atomic E-state index is 12.4. The van der Waals surface area contributed by atoms with Crippen LogP contribution < -0.4 is 20.7 Å². The Bertz CT molecular complexity index is 952. The lowest BCUT2D eigenvalue weighted by atomic mass is 9.84. The Kier molecular flexibility index (Phi) is 6.92. The number of hydrogen-bond acceptors (Lipinski definition) is 5. The zero-order valence-electron chi connectivity index (χ0n) is 18.0. The molecule has 170 valence electrons. The Balaban J connectivity index is 1.45. The van der Waals surface area contributed by atoms with Gasteiger partial charge in [0.15, 0.2) is 0 Å². The van der Waals surface area contributed by atoms with Crippen LogP contribution in [0, 0.1) is 0 Å². The largest absolute Gasteiger partial charge is 0.487 e. The number of para-hydroxylation sites is 1. The molecule has 2 aliphatic rings. The maximum atomic E-state index is 12.4. The van der Waals surface area contributed by atoms with Crippen LogP contribution in [0.3, 0.4) is 0 Å². The van der Waals surface area contributed by atoms with Crippen molar-refractivity contribution in [2.24, 2.45) is 0 Å². The summed E-state index contributed by atoms with van der Waals surface area (Å²) in [5, 5.41) is 18.4. The average molecular weight is 440 g/mol. The molecular formula is C24H29N3O5. The number of aliphatic hydroxyl groups is 1. The van der Waals surface area contributed by atoms with Crippen molar-refractivity contribution in [3.63, 3.8) is 0 Å². The number of ether oxygens (including phenoxy) is 2. The van der Waals surface area contributed by atoms with Crippen molar-refractivity contribution >= 4 is 23.3 Å². The van der Waals surface area contributed by atoms with Crippen molar-refractivity contribution in [3.05, 3.63) is 54.1 Å². The molecule has 0 bridgehead atoms. The van der Waals surface area contributed by atoms with Gasteiger partial charge in [0, 0.05) is 29.4 Å². The molecule has 1 saturated heterocycles. The number of amides is 3. The molecule has 0 unspecified atom stereocenters. The van der Waals surface area contributed by atoms with E-state index in [9.17, 15) is 14.7 Å². The smallest absolute Gasteiger partial charge is 0.323 e. The van der Waals surface area contributed by atoms with Gasteiger partial charge in [-0.1, -0.05) is 25.1 Å². The minimum Gasteiger partial charge on any atom is -0.487 e. The van der Waals surface area contributed by atoms with E-state index in [1.54, 1.807) is 6.07 Å². The number of fused-ring (bicyclic) bond motifs is 3. The highest BCUT2D eigenvalue weighted by atomic mass is 16.6. The van der Waals surface area contributed by atoms with Gasteiger partial charge in [-0.2, -0.15) is 0 Å². The first-order valence-electron chi connectivity index (χ1n) is 11.0. The SMILES string of the molecule is CCCNC(=O)C[C@@H]1C[C@@H]2c3cc(NC(=O)Nc4ccccc4)ccc3O[C@@H]2[C@@H](CO)O1. The number of nitrogens with one attached hydrogen (secondary N) is 3. The van der Waals surface area contributed by atoms with Gasteiger partial charge in [-0.3, -0.25) is 4.79 Å². The van der Waals surface area contributed by atoms with Crippen LogP contribution in [0.15, 0.2) is 48.5 Å². The van der Waals surface area contributed by atoms with E-state index in [0.29, 0.717) is 30.1 Å². The van der Waals surface area contributed by atoms with E-state index in [1.807, 2.05) is 49.4 Å². The molecule has 2 aromatic rings. The molecule has 0 radical (unpaired) electrons. The van der Waals surface area contributed by atoms with Crippen LogP contribution in [-0.2, 0) is 9.53 Å². The predicted octanol–water partition coefficient (Wildman–Crippen LogP) is 3.24. The fraction of sp³-hybridized carbons (Fsp3) is 0.417. The van der Waals surface area contributed by atoms with Crippen LogP contribution in [0.4, 0.5) is 16.2 Å². The van der Waals surface area contributed by atoms with Crippen molar-refractivity contribution < 1.29 is 24.2 Å². The molecule has 1 fully saturated rings. The van der Waals surface area contributed by atoms with Gasteiger partial charge in [-0.25, -0.2) is 4.79 Å². The van der Waals surface area contributed by atoms with E-state index in [1.165, 1.54) is 0 Å². The number of urea groups is 1. The molecular weight excluding hydrogens is 410 g/mol. The number of hydrogen-bond donors (Lipinski definition) is 4. The van der Waals surface area contributed by atoms with Crippen molar-refractivity contribution in [2.75, 3.05) is 23.8 Å². The van der Waals surface area contributed by atoms with Crippen LogP contribution in [0.5, 0.6) is 5.75 Å². The Hall–Kier alpha value is -3.10. The number of carbonyl (C=O) groups excluding carboxylic acids is 2. The van der Waals surface area contributed by atoms with Gasteiger partial charge in [0.1, 0.15) is 18.0 Å². The van der Waals surface area contributed by atoms with Gasteiger partial charge in [-0.05, 0) is 43.2 Å². The summed E-state index contributed by atoms with van der Waals surface area (Å²) in [7, 11) is 0. The molecule has 4 rings (SSSR count). The minimum absolute atomic E-state index is 0.0289. The van der Waals surface area contributed by atoms with E-state index < -0.39 is 6.10 Å². The molecule has 2 aromatic carbocycles. The lowest BCUT2D eigenvalue weighted by Crippen LogP contribution is -2.47. The normalized spacial score (nSPS) is 23.4. The fourth-order valence-corrected chi connectivity index (χ4v) is 4.33. The van der Waals surface area contributed by atoms with E-state index in [4.69, 9.17) is 9.47 Å². The molecule has 32 heavy (non-hydrogen) atoms. The van der Waals surface area contributed by atoms with Crippen LogP contribution >= 0.6 is 0 Å². The van der Waals surface area contributed by atoms with Gasteiger partial charge in [0.2, 0.25) is 5.91 Å². The zero-order valence-corrected chi connectivity index (χ0v) is 18.0. The highest BCUT2D eigenvalue weighted by Gasteiger charge is 2.46. The number of carbonyl (C=O) groups is 2. The monoisotopic (exact) mass is 439 g/mol. The third-order valence-electron chi connectivity index (χ3n) is 5.77.